The number of piperazine rings is 1. The van der Waals surface area contributed by atoms with Gasteiger partial charge in [0.1, 0.15) is 11.6 Å². The first-order chi connectivity index (χ1) is 26.1. The van der Waals surface area contributed by atoms with Crippen molar-refractivity contribution in [3.8, 4) is 5.75 Å². The summed E-state index contributed by atoms with van der Waals surface area (Å²) in [6.45, 7) is 9.32. The maximum atomic E-state index is 14.1. The maximum absolute atomic E-state index is 14.1. The van der Waals surface area contributed by atoms with E-state index in [4.69, 9.17) is 9.47 Å². The molecule has 0 spiro atoms. The molecule has 54 heavy (non-hydrogen) atoms. The lowest BCUT2D eigenvalue weighted by Crippen LogP contribution is -2.54. The number of hydrogen-bond donors (Lipinski definition) is 2. The van der Waals surface area contributed by atoms with Crippen molar-refractivity contribution in [3.63, 3.8) is 0 Å². The van der Waals surface area contributed by atoms with Crippen LogP contribution in [0.5, 0.6) is 5.75 Å². The minimum absolute atomic E-state index is 0.0184. The molecule has 2 aromatic carbocycles. The molecule has 2 saturated heterocycles. The van der Waals surface area contributed by atoms with Gasteiger partial charge < -0.3 is 39.5 Å². The zero-order valence-corrected chi connectivity index (χ0v) is 31.6. The van der Waals surface area contributed by atoms with Crippen LogP contribution in [0.4, 0.5) is 21.1 Å². The average Bonchev–Trinajstić information content (AvgIpc) is 3.36. The normalized spacial score (nSPS) is 17.0. The monoisotopic (exact) mass is 740 g/mol. The quantitative estimate of drug-likeness (QED) is 0.187. The summed E-state index contributed by atoms with van der Waals surface area (Å²) in [6, 6.07) is 14.8. The number of ether oxygens (including phenoxy) is 2. The number of amides is 4. The maximum Gasteiger partial charge on any atom is 0.410 e. The van der Waals surface area contributed by atoms with Gasteiger partial charge in [-0.25, -0.2) is 19.4 Å². The molecule has 13 heteroatoms. The highest BCUT2D eigenvalue weighted by atomic mass is 16.6. The summed E-state index contributed by atoms with van der Waals surface area (Å²) in [5, 5.41) is 13.4. The van der Waals surface area contributed by atoms with Crippen LogP contribution < -0.4 is 10.2 Å². The number of nitrogens with zero attached hydrogens (tertiary/aromatic N) is 5. The first-order valence-electron chi connectivity index (χ1n) is 19.2. The summed E-state index contributed by atoms with van der Waals surface area (Å²) in [5.74, 6) is 0.232. The van der Waals surface area contributed by atoms with Crippen molar-refractivity contribution in [3.05, 3.63) is 82.5 Å². The molecule has 288 valence electrons. The van der Waals surface area contributed by atoms with E-state index in [9.17, 15) is 24.3 Å². The molecule has 1 atom stereocenters. The first-order valence-corrected chi connectivity index (χ1v) is 19.2. The van der Waals surface area contributed by atoms with Gasteiger partial charge in [0.25, 0.3) is 5.91 Å². The molecule has 0 radical (unpaired) electrons. The topological polar surface area (TPSA) is 145 Å². The SMILES string of the molecule is CCCCCOC(=O)c1ccc(N2CCN(C(=O)[C@@H](Cc3cc(C)c(O)c(C)c3)OC(=O)N3CCC(N4CCc5ccccc5NC4=O)CC3)CC2)nc1. The van der Waals surface area contributed by atoms with Gasteiger partial charge in [0.2, 0.25) is 0 Å². The van der Waals surface area contributed by atoms with Crippen LogP contribution in [-0.4, -0.2) is 113 Å². The number of benzene rings is 2. The molecule has 6 rings (SSSR count). The molecule has 3 aliphatic rings. The predicted molar refractivity (Wildman–Crippen MR) is 205 cm³/mol. The summed E-state index contributed by atoms with van der Waals surface area (Å²) in [7, 11) is 0. The molecular weight excluding hydrogens is 688 g/mol. The molecule has 0 aliphatic carbocycles. The standard InChI is InChI=1S/C41H52N6O7/c1-4-5-8-23-53-39(50)32-11-12-36(42-27-32)44-19-21-45(22-20-44)38(49)35(26-30-24-28(2)37(48)29(3)25-30)54-41(52)46-16-14-33(15-17-46)47-18-13-31-9-6-7-10-34(31)43-40(47)51/h6-7,9-12,24-25,27,33,35,48H,4-5,8,13-23,26H2,1-3H3,(H,43,51)/t35-/m1/s1. The number of fused-ring (bicyclic) bond motifs is 1. The molecule has 13 nitrogen and oxygen atoms in total. The Morgan fingerprint density at radius 2 is 1.65 bits per heavy atom. The Bertz CT molecular complexity index is 1780. The number of phenolic OH excluding ortho intramolecular Hbond substituents is 1. The molecule has 0 bridgehead atoms. The summed E-state index contributed by atoms with van der Waals surface area (Å²) >= 11 is 0. The van der Waals surface area contributed by atoms with Gasteiger partial charge in [-0.15, -0.1) is 0 Å². The van der Waals surface area contributed by atoms with Crippen molar-refractivity contribution in [2.24, 2.45) is 0 Å². The molecule has 1 aromatic heterocycles. The Morgan fingerprint density at radius 1 is 0.926 bits per heavy atom. The first kappa shape index (κ1) is 38.4. The number of carbonyl (C=O) groups is 4. The second-order valence-corrected chi connectivity index (χ2v) is 14.5. The van der Waals surface area contributed by atoms with E-state index < -0.39 is 12.2 Å². The van der Waals surface area contributed by atoms with Gasteiger partial charge in [0, 0.05) is 70.2 Å². The number of aromatic nitrogens is 1. The van der Waals surface area contributed by atoms with Crippen molar-refractivity contribution in [2.75, 3.05) is 62.6 Å². The van der Waals surface area contributed by atoms with Crippen LogP contribution in [0, 0.1) is 13.8 Å². The van der Waals surface area contributed by atoms with Gasteiger partial charge in [-0.2, -0.15) is 0 Å². The molecule has 4 amide bonds. The van der Waals surface area contributed by atoms with Gasteiger partial charge in [0.05, 0.1) is 12.2 Å². The molecular formula is C41H52N6O7. The number of urea groups is 1. The summed E-state index contributed by atoms with van der Waals surface area (Å²) in [4.78, 5) is 65.1. The number of para-hydroxylation sites is 1. The molecule has 2 fully saturated rings. The van der Waals surface area contributed by atoms with Crippen molar-refractivity contribution < 1.29 is 33.8 Å². The highest BCUT2D eigenvalue weighted by molar-refractivity contribution is 5.91. The highest BCUT2D eigenvalue weighted by Gasteiger charge is 2.35. The minimum atomic E-state index is -1.07. The lowest BCUT2D eigenvalue weighted by Gasteiger charge is -2.39. The lowest BCUT2D eigenvalue weighted by atomic mass is 10.0. The second kappa shape index (κ2) is 17.7. The fourth-order valence-corrected chi connectivity index (χ4v) is 7.51. The van der Waals surface area contributed by atoms with Gasteiger partial charge in [-0.3, -0.25) is 4.79 Å². The Hall–Kier alpha value is -5.33. The van der Waals surface area contributed by atoms with Crippen LogP contribution in [0.2, 0.25) is 0 Å². The number of carbonyl (C=O) groups excluding carboxylic acids is 4. The van der Waals surface area contributed by atoms with E-state index in [1.807, 2.05) is 41.3 Å². The number of piperidine rings is 1. The van der Waals surface area contributed by atoms with E-state index in [0.29, 0.717) is 87.8 Å². The van der Waals surface area contributed by atoms with Crippen LogP contribution in [0.15, 0.2) is 54.7 Å². The number of unbranched alkanes of at least 4 members (excludes halogenated alkanes) is 2. The van der Waals surface area contributed by atoms with Crippen LogP contribution in [0.25, 0.3) is 0 Å². The van der Waals surface area contributed by atoms with Crippen molar-refractivity contribution in [1.82, 2.24) is 19.7 Å². The third-order valence-electron chi connectivity index (χ3n) is 10.7. The smallest absolute Gasteiger partial charge is 0.410 e. The van der Waals surface area contributed by atoms with Crippen molar-refractivity contribution >= 4 is 35.5 Å². The fourth-order valence-electron chi connectivity index (χ4n) is 7.51. The van der Waals surface area contributed by atoms with Crippen LogP contribution >= 0.6 is 0 Å². The molecule has 4 heterocycles. The number of esters is 1. The van der Waals surface area contributed by atoms with E-state index in [1.54, 1.807) is 35.8 Å². The average molecular weight is 741 g/mol. The van der Waals surface area contributed by atoms with Crippen LogP contribution in [0.3, 0.4) is 0 Å². The fraction of sp³-hybridized carbons (Fsp3) is 0.488. The number of aryl methyl sites for hydroxylation is 2. The number of anilines is 2. The van der Waals surface area contributed by atoms with Gasteiger partial charge in [-0.1, -0.05) is 50.1 Å². The van der Waals surface area contributed by atoms with E-state index in [-0.39, 0.29) is 36.1 Å². The summed E-state index contributed by atoms with van der Waals surface area (Å²) in [5.41, 5.74) is 4.49. The number of likely N-dealkylation sites (tertiary alicyclic amines) is 1. The Balaban J connectivity index is 1.06. The largest absolute Gasteiger partial charge is 0.507 e. The Morgan fingerprint density at radius 3 is 2.33 bits per heavy atom. The number of nitrogens with one attached hydrogen (secondary N) is 1. The molecule has 2 N–H and O–H groups in total. The third kappa shape index (κ3) is 9.23. The Labute approximate surface area is 317 Å². The third-order valence-corrected chi connectivity index (χ3v) is 10.7. The van der Waals surface area contributed by atoms with Gasteiger partial charge in [-0.05, 0) is 80.0 Å². The summed E-state index contributed by atoms with van der Waals surface area (Å²) < 4.78 is 11.4. The number of rotatable bonds is 11. The zero-order chi connectivity index (χ0) is 38.2. The Kier molecular flexibility index (Phi) is 12.6. The minimum Gasteiger partial charge on any atom is -0.507 e. The predicted octanol–water partition coefficient (Wildman–Crippen LogP) is 5.70. The zero-order valence-electron chi connectivity index (χ0n) is 31.6. The molecule has 3 aliphatic heterocycles. The second-order valence-electron chi connectivity index (χ2n) is 14.5. The van der Waals surface area contributed by atoms with Gasteiger partial charge >= 0.3 is 18.1 Å². The number of aromatic hydroxyl groups is 1. The number of pyridine rings is 1. The van der Waals surface area contributed by atoms with E-state index in [1.165, 1.54) is 6.20 Å². The van der Waals surface area contributed by atoms with Crippen LogP contribution in [-0.2, 0) is 27.1 Å². The van der Waals surface area contributed by atoms with Crippen molar-refractivity contribution in [2.45, 2.75) is 77.9 Å². The molecule has 3 aromatic rings. The summed E-state index contributed by atoms with van der Waals surface area (Å²) in [6.07, 6.45) is 4.91. The van der Waals surface area contributed by atoms with E-state index >= 15 is 0 Å². The molecule has 0 unspecified atom stereocenters. The van der Waals surface area contributed by atoms with Crippen LogP contribution in [0.1, 0.15) is 71.6 Å². The molecule has 0 saturated carbocycles. The number of phenols is 1. The number of hydrogen-bond acceptors (Lipinski definition) is 9. The van der Waals surface area contributed by atoms with E-state index in [0.717, 1.165) is 42.5 Å². The van der Waals surface area contributed by atoms with Gasteiger partial charge in [0.15, 0.2) is 6.10 Å². The highest BCUT2D eigenvalue weighted by Crippen LogP contribution is 2.27. The van der Waals surface area contributed by atoms with Crippen molar-refractivity contribution in [1.29, 1.82) is 0 Å². The van der Waals surface area contributed by atoms with E-state index in [2.05, 4.69) is 22.1 Å². The lowest BCUT2D eigenvalue weighted by molar-refractivity contribution is -0.141.